The van der Waals surface area contributed by atoms with Crippen LogP contribution in [-0.4, -0.2) is 30.3 Å². The Hall–Kier alpha value is -2.82. The predicted molar refractivity (Wildman–Crippen MR) is 111 cm³/mol. The van der Waals surface area contributed by atoms with Gasteiger partial charge in [-0.1, -0.05) is 67.8 Å². The molecule has 2 aliphatic carbocycles. The van der Waals surface area contributed by atoms with Crippen LogP contribution in [0.15, 0.2) is 48.5 Å². The van der Waals surface area contributed by atoms with E-state index in [0.29, 0.717) is 25.8 Å². The number of hydrogen-bond donors (Lipinski definition) is 2. The van der Waals surface area contributed by atoms with Crippen molar-refractivity contribution in [3.8, 4) is 11.1 Å². The monoisotopic (exact) mass is 393 g/mol. The Morgan fingerprint density at radius 3 is 2.14 bits per heavy atom. The number of carboxylic acid groups (broad SMARTS) is 1. The fraction of sp³-hybridized carbons (Fsp3) is 0.417. The molecular formula is C24H27NO4. The summed E-state index contributed by atoms with van der Waals surface area (Å²) in [6.07, 6.45) is 4.32. The summed E-state index contributed by atoms with van der Waals surface area (Å²) in [6, 6.07) is 16.4. The molecule has 1 saturated carbocycles. The Morgan fingerprint density at radius 2 is 1.55 bits per heavy atom. The quantitative estimate of drug-likeness (QED) is 0.728. The summed E-state index contributed by atoms with van der Waals surface area (Å²) in [4.78, 5) is 24.0. The zero-order chi connectivity index (χ0) is 20.3. The Balaban J connectivity index is 1.34. The molecule has 2 aromatic rings. The van der Waals surface area contributed by atoms with Gasteiger partial charge >= 0.3 is 12.1 Å². The van der Waals surface area contributed by atoms with Gasteiger partial charge in [0.25, 0.3) is 0 Å². The first-order chi connectivity index (χ1) is 14.1. The second-order valence-electron chi connectivity index (χ2n) is 8.15. The zero-order valence-corrected chi connectivity index (χ0v) is 16.5. The van der Waals surface area contributed by atoms with Gasteiger partial charge in [0.1, 0.15) is 6.61 Å². The lowest BCUT2D eigenvalue weighted by Gasteiger charge is -2.33. The maximum atomic E-state index is 12.3. The van der Waals surface area contributed by atoms with E-state index < -0.39 is 17.5 Å². The molecule has 29 heavy (non-hydrogen) atoms. The van der Waals surface area contributed by atoms with Gasteiger partial charge in [-0.25, -0.2) is 4.79 Å². The van der Waals surface area contributed by atoms with E-state index in [4.69, 9.17) is 4.74 Å². The van der Waals surface area contributed by atoms with Gasteiger partial charge in [-0.15, -0.1) is 0 Å². The van der Waals surface area contributed by atoms with Crippen molar-refractivity contribution >= 4 is 12.1 Å². The van der Waals surface area contributed by atoms with Crippen molar-refractivity contribution in [3.63, 3.8) is 0 Å². The van der Waals surface area contributed by atoms with Crippen LogP contribution in [0.3, 0.4) is 0 Å². The van der Waals surface area contributed by atoms with Crippen LogP contribution in [0.2, 0.25) is 0 Å². The molecule has 0 atom stereocenters. The lowest BCUT2D eigenvalue weighted by Crippen LogP contribution is -2.38. The van der Waals surface area contributed by atoms with Gasteiger partial charge in [-0.3, -0.25) is 4.79 Å². The molecule has 0 aromatic heterocycles. The highest BCUT2D eigenvalue weighted by Crippen LogP contribution is 2.44. The first-order valence-corrected chi connectivity index (χ1v) is 10.4. The molecule has 0 spiro atoms. The molecule has 1 fully saturated rings. The number of fused-ring (bicyclic) bond motifs is 3. The van der Waals surface area contributed by atoms with Gasteiger partial charge < -0.3 is 15.2 Å². The minimum absolute atomic E-state index is 0.0249. The van der Waals surface area contributed by atoms with E-state index >= 15 is 0 Å². The average molecular weight is 393 g/mol. The topological polar surface area (TPSA) is 75.6 Å². The highest BCUT2D eigenvalue weighted by atomic mass is 16.5. The van der Waals surface area contributed by atoms with Gasteiger partial charge in [0.05, 0.1) is 5.41 Å². The van der Waals surface area contributed by atoms with Gasteiger partial charge in [0.15, 0.2) is 0 Å². The first-order valence-electron chi connectivity index (χ1n) is 10.4. The smallest absolute Gasteiger partial charge is 0.407 e. The summed E-state index contributed by atoms with van der Waals surface area (Å²) in [6.45, 7) is 0.590. The molecule has 2 aliphatic rings. The first kappa shape index (κ1) is 19.5. The fourth-order valence-electron chi connectivity index (χ4n) is 4.85. The molecule has 5 heteroatoms. The molecule has 2 aromatic carbocycles. The zero-order valence-electron chi connectivity index (χ0n) is 16.5. The van der Waals surface area contributed by atoms with Crippen LogP contribution in [0.1, 0.15) is 55.6 Å². The molecule has 4 rings (SSSR count). The summed E-state index contributed by atoms with van der Waals surface area (Å²) >= 11 is 0. The number of rotatable bonds is 6. The molecule has 0 unspecified atom stereocenters. The number of benzene rings is 2. The van der Waals surface area contributed by atoms with Crippen LogP contribution < -0.4 is 5.32 Å². The normalized spacial score (nSPS) is 17.2. The van der Waals surface area contributed by atoms with Crippen LogP contribution in [0.5, 0.6) is 0 Å². The van der Waals surface area contributed by atoms with Crippen molar-refractivity contribution in [2.24, 2.45) is 5.41 Å². The number of ether oxygens (including phenoxy) is 1. The van der Waals surface area contributed by atoms with Crippen molar-refractivity contribution in [3.05, 3.63) is 59.7 Å². The Kier molecular flexibility index (Phi) is 5.56. The molecule has 2 N–H and O–H groups in total. The molecule has 0 radical (unpaired) electrons. The molecule has 152 valence electrons. The number of hydrogen-bond acceptors (Lipinski definition) is 3. The van der Waals surface area contributed by atoms with Gasteiger partial charge in [0, 0.05) is 12.5 Å². The van der Waals surface area contributed by atoms with Crippen LogP contribution >= 0.6 is 0 Å². The van der Waals surface area contributed by atoms with Gasteiger partial charge in [-0.2, -0.15) is 0 Å². The Labute approximate surface area is 171 Å². The SMILES string of the molecule is O=C(NCCC1(C(=O)O)CCCCC1)OCC1c2ccccc2-c2ccccc21. The second kappa shape index (κ2) is 8.27. The van der Waals surface area contributed by atoms with Gasteiger partial charge in [-0.05, 0) is 41.5 Å². The van der Waals surface area contributed by atoms with Crippen molar-refractivity contribution in [2.45, 2.75) is 44.4 Å². The number of carbonyl (C=O) groups excluding carboxylic acids is 1. The molecular weight excluding hydrogens is 366 g/mol. The minimum atomic E-state index is -0.744. The maximum absolute atomic E-state index is 12.3. The van der Waals surface area contributed by atoms with Crippen molar-refractivity contribution in [1.82, 2.24) is 5.32 Å². The van der Waals surface area contributed by atoms with Crippen molar-refractivity contribution in [1.29, 1.82) is 0 Å². The molecule has 0 saturated heterocycles. The van der Waals surface area contributed by atoms with Crippen LogP contribution in [0.4, 0.5) is 4.79 Å². The van der Waals surface area contributed by atoms with Crippen LogP contribution in [0.25, 0.3) is 11.1 Å². The summed E-state index contributed by atoms with van der Waals surface area (Å²) < 4.78 is 5.53. The highest BCUT2D eigenvalue weighted by Gasteiger charge is 2.39. The van der Waals surface area contributed by atoms with Crippen LogP contribution in [0, 0.1) is 5.41 Å². The lowest BCUT2D eigenvalue weighted by molar-refractivity contribution is -0.151. The third-order valence-electron chi connectivity index (χ3n) is 6.48. The third-order valence-corrected chi connectivity index (χ3v) is 6.48. The third kappa shape index (κ3) is 3.86. The largest absolute Gasteiger partial charge is 0.481 e. The number of alkyl carbamates (subject to hydrolysis) is 1. The molecule has 1 amide bonds. The number of carbonyl (C=O) groups is 2. The van der Waals surface area contributed by atoms with E-state index in [1.165, 1.54) is 22.3 Å². The second-order valence-corrected chi connectivity index (χ2v) is 8.15. The van der Waals surface area contributed by atoms with Crippen molar-refractivity contribution < 1.29 is 19.4 Å². The Bertz CT molecular complexity index is 856. The average Bonchev–Trinajstić information content (AvgIpc) is 3.07. The van der Waals surface area contributed by atoms with E-state index in [-0.39, 0.29) is 12.5 Å². The van der Waals surface area contributed by atoms with Gasteiger partial charge in [0.2, 0.25) is 0 Å². The number of amides is 1. The van der Waals surface area contributed by atoms with Crippen LogP contribution in [-0.2, 0) is 9.53 Å². The summed E-state index contributed by atoms with van der Waals surface area (Å²) in [5, 5.41) is 12.4. The minimum Gasteiger partial charge on any atom is -0.481 e. The molecule has 0 heterocycles. The standard InChI is InChI=1S/C24H27NO4/c26-22(27)24(12-6-1-7-13-24)14-15-25-23(28)29-16-21-19-10-4-2-8-17(19)18-9-3-5-11-20(18)21/h2-5,8-11,21H,1,6-7,12-16H2,(H,25,28)(H,26,27). The van der Waals surface area contributed by atoms with Crippen molar-refractivity contribution in [2.75, 3.05) is 13.2 Å². The fourth-order valence-corrected chi connectivity index (χ4v) is 4.85. The number of carboxylic acids is 1. The predicted octanol–water partition coefficient (Wildman–Crippen LogP) is 4.95. The summed E-state index contributed by atoms with van der Waals surface area (Å²) in [5.41, 5.74) is 4.03. The lowest BCUT2D eigenvalue weighted by atomic mass is 9.72. The summed E-state index contributed by atoms with van der Waals surface area (Å²) in [5.74, 6) is -0.719. The van der Waals surface area contributed by atoms with E-state index in [1.807, 2.05) is 24.3 Å². The number of nitrogens with one attached hydrogen (secondary N) is 1. The molecule has 0 aliphatic heterocycles. The number of aliphatic carboxylic acids is 1. The van der Waals surface area contributed by atoms with E-state index in [1.54, 1.807) is 0 Å². The highest BCUT2D eigenvalue weighted by molar-refractivity contribution is 5.79. The summed E-state index contributed by atoms with van der Waals surface area (Å²) in [7, 11) is 0. The molecule has 0 bridgehead atoms. The molecule has 5 nitrogen and oxygen atoms in total. The Morgan fingerprint density at radius 1 is 0.966 bits per heavy atom. The van der Waals surface area contributed by atoms with E-state index in [9.17, 15) is 14.7 Å². The van der Waals surface area contributed by atoms with E-state index in [2.05, 4.69) is 29.6 Å². The van der Waals surface area contributed by atoms with E-state index in [0.717, 1.165) is 19.3 Å². The maximum Gasteiger partial charge on any atom is 0.407 e.